The number of hydrogen-bond donors (Lipinski definition) is 2. The molecule has 6 nitrogen and oxygen atoms in total. The third kappa shape index (κ3) is 5.49. The number of amides is 1. The Bertz CT molecular complexity index is 1030. The van der Waals surface area contributed by atoms with Gasteiger partial charge in [-0.05, 0) is 59.4 Å². The van der Waals surface area contributed by atoms with Crippen LogP contribution in [0.15, 0.2) is 48.5 Å². The molecule has 0 aromatic heterocycles. The molecule has 2 aromatic carbocycles. The predicted molar refractivity (Wildman–Crippen MR) is 140 cm³/mol. The number of fused-ring (bicyclic) bond motifs is 3. The number of benzene rings is 2. The molecule has 1 amide bonds. The minimum atomic E-state index is -1.03. The van der Waals surface area contributed by atoms with Gasteiger partial charge in [0.05, 0.1) is 5.60 Å². The number of hydrogen-bond acceptors (Lipinski definition) is 6. The van der Waals surface area contributed by atoms with E-state index in [2.05, 4.69) is 29.6 Å². The normalized spacial score (nSPS) is 24.1. The van der Waals surface area contributed by atoms with Crippen LogP contribution in [0.4, 0.5) is 4.79 Å². The molecular formula is C27H31NO5S2. The molecule has 3 aliphatic rings. The highest BCUT2D eigenvalue weighted by Gasteiger charge is 2.40. The standard InChI is InChI=1S/C27H31NO5S2/c29-25(30)24(10-13-35-18-9-12-33-27(15-18)11-14-34-17-27)28-26(31)32-16-23-21-7-3-1-5-19(21)20-6-2-4-8-22(20)23/h1-8,18,23-24H,9-17H2,(H,28,31)(H,29,30). The minimum Gasteiger partial charge on any atom is -0.480 e. The Hall–Kier alpha value is -2.16. The van der Waals surface area contributed by atoms with Crippen LogP contribution < -0.4 is 5.32 Å². The van der Waals surface area contributed by atoms with Crippen LogP contribution in [0.25, 0.3) is 11.1 Å². The number of carbonyl (C=O) groups excluding carboxylic acids is 1. The maximum atomic E-state index is 12.6. The van der Waals surface area contributed by atoms with E-state index in [1.807, 2.05) is 36.0 Å². The average Bonchev–Trinajstić information content (AvgIpc) is 3.44. The molecule has 3 unspecified atom stereocenters. The van der Waals surface area contributed by atoms with Crippen LogP contribution in [0.1, 0.15) is 42.7 Å². The van der Waals surface area contributed by atoms with Crippen molar-refractivity contribution in [1.82, 2.24) is 5.32 Å². The summed E-state index contributed by atoms with van der Waals surface area (Å²) in [7, 11) is 0. The van der Waals surface area contributed by atoms with Crippen molar-refractivity contribution in [3.05, 3.63) is 59.7 Å². The first-order valence-electron chi connectivity index (χ1n) is 12.2. The summed E-state index contributed by atoms with van der Waals surface area (Å²) < 4.78 is 11.6. The van der Waals surface area contributed by atoms with Crippen molar-refractivity contribution in [3.8, 4) is 11.1 Å². The van der Waals surface area contributed by atoms with Crippen molar-refractivity contribution in [1.29, 1.82) is 0 Å². The first kappa shape index (κ1) is 24.5. The second-order valence-electron chi connectivity index (χ2n) is 9.47. The molecule has 2 heterocycles. The molecule has 2 N–H and O–H groups in total. The average molecular weight is 514 g/mol. The topological polar surface area (TPSA) is 84.9 Å². The number of carbonyl (C=O) groups is 2. The second kappa shape index (κ2) is 10.8. The summed E-state index contributed by atoms with van der Waals surface area (Å²) in [6.07, 6.45) is 2.81. The van der Waals surface area contributed by atoms with E-state index in [0.717, 1.165) is 59.6 Å². The minimum absolute atomic E-state index is 0.0202. The van der Waals surface area contributed by atoms with Crippen LogP contribution >= 0.6 is 23.5 Å². The van der Waals surface area contributed by atoms with Gasteiger partial charge in [-0.1, -0.05) is 48.5 Å². The fourth-order valence-corrected chi connectivity index (χ4v) is 8.15. The molecular weight excluding hydrogens is 482 g/mol. The highest BCUT2D eigenvalue weighted by atomic mass is 32.2. The maximum Gasteiger partial charge on any atom is 0.407 e. The van der Waals surface area contributed by atoms with E-state index in [1.165, 1.54) is 0 Å². The largest absolute Gasteiger partial charge is 0.480 e. The molecule has 2 aliphatic heterocycles. The van der Waals surface area contributed by atoms with Gasteiger partial charge < -0.3 is 19.9 Å². The molecule has 2 fully saturated rings. The van der Waals surface area contributed by atoms with Gasteiger partial charge in [0.1, 0.15) is 12.6 Å². The van der Waals surface area contributed by atoms with E-state index in [1.54, 1.807) is 11.8 Å². The third-order valence-electron chi connectivity index (χ3n) is 7.21. The molecule has 8 heteroatoms. The van der Waals surface area contributed by atoms with Crippen LogP contribution in [0, 0.1) is 0 Å². The summed E-state index contributed by atoms with van der Waals surface area (Å²) in [5.74, 6) is 1.80. The zero-order chi connectivity index (χ0) is 24.3. The van der Waals surface area contributed by atoms with E-state index in [0.29, 0.717) is 17.4 Å². The van der Waals surface area contributed by atoms with Crippen molar-refractivity contribution in [2.24, 2.45) is 0 Å². The lowest BCUT2D eigenvalue weighted by Gasteiger charge is -2.37. The van der Waals surface area contributed by atoms with E-state index in [4.69, 9.17) is 9.47 Å². The summed E-state index contributed by atoms with van der Waals surface area (Å²) in [6, 6.07) is 15.3. The molecule has 0 radical (unpaired) electrons. The fourth-order valence-electron chi connectivity index (χ4n) is 5.38. The van der Waals surface area contributed by atoms with Gasteiger partial charge in [-0.15, -0.1) is 0 Å². The van der Waals surface area contributed by atoms with Gasteiger partial charge in [-0.25, -0.2) is 9.59 Å². The molecule has 3 atom stereocenters. The van der Waals surface area contributed by atoms with Gasteiger partial charge >= 0.3 is 12.1 Å². The quantitative estimate of drug-likeness (QED) is 0.505. The predicted octanol–water partition coefficient (Wildman–Crippen LogP) is 5.16. The van der Waals surface area contributed by atoms with Gasteiger partial charge in [0.25, 0.3) is 0 Å². The Morgan fingerprint density at radius 1 is 1.17 bits per heavy atom. The van der Waals surface area contributed by atoms with E-state index in [-0.39, 0.29) is 18.1 Å². The maximum absolute atomic E-state index is 12.6. The summed E-state index contributed by atoms with van der Waals surface area (Å²) in [6.45, 7) is 0.946. The summed E-state index contributed by atoms with van der Waals surface area (Å²) in [5, 5.41) is 12.7. The van der Waals surface area contributed by atoms with Crippen LogP contribution in [0.2, 0.25) is 0 Å². The van der Waals surface area contributed by atoms with Gasteiger partial charge in [-0.3, -0.25) is 0 Å². The Morgan fingerprint density at radius 3 is 2.54 bits per heavy atom. The monoisotopic (exact) mass is 513 g/mol. The van der Waals surface area contributed by atoms with Crippen molar-refractivity contribution < 1.29 is 24.2 Å². The molecule has 2 aromatic rings. The number of ether oxygens (including phenoxy) is 2. The first-order chi connectivity index (χ1) is 17.0. The van der Waals surface area contributed by atoms with Crippen LogP contribution in [-0.2, 0) is 14.3 Å². The highest BCUT2D eigenvalue weighted by Crippen LogP contribution is 2.44. The zero-order valence-corrected chi connectivity index (χ0v) is 21.2. The van der Waals surface area contributed by atoms with Crippen LogP contribution in [-0.4, -0.2) is 64.5 Å². The number of carboxylic acid groups (broad SMARTS) is 1. The molecule has 1 spiro atoms. The van der Waals surface area contributed by atoms with E-state index < -0.39 is 18.1 Å². The summed E-state index contributed by atoms with van der Waals surface area (Å²) >= 11 is 3.76. The van der Waals surface area contributed by atoms with Crippen molar-refractivity contribution >= 4 is 35.6 Å². The van der Waals surface area contributed by atoms with Gasteiger partial charge in [0, 0.05) is 23.5 Å². The smallest absolute Gasteiger partial charge is 0.407 e. The lowest BCUT2D eigenvalue weighted by Crippen LogP contribution is -2.42. The number of alkyl carbamates (subject to hydrolysis) is 1. The molecule has 35 heavy (non-hydrogen) atoms. The lowest BCUT2D eigenvalue weighted by atomic mass is 9.93. The zero-order valence-electron chi connectivity index (χ0n) is 19.6. The summed E-state index contributed by atoms with van der Waals surface area (Å²) in [5.41, 5.74) is 4.59. The van der Waals surface area contributed by atoms with Gasteiger partial charge in [0.15, 0.2) is 0 Å². The Kier molecular flexibility index (Phi) is 7.60. The Labute approximate surface area is 214 Å². The number of thioether (sulfide) groups is 2. The molecule has 186 valence electrons. The fraction of sp³-hybridized carbons (Fsp3) is 0.481. The SMILES string of the molecule is O=C(NC(CCSC1CCOC2(CCSC2)C1)C(=O)O)OCC1c2ccccc2-c2ccccc21. The summed E-state index contributed by atoms with van der Waals surface area (Å²) in [4.78, 5) is 24.4. The van der Waals surface area contributed by atoms with E-state index in [9.17, 15) is 14.7 Å². The van der Waals surface area contributed by atoms with Crippen molar-refractivity contribution in [2.45, 2.75) is 48.5 Å². The van der Waals surface area contributed by atoms with Crippen molar-refractivity contribution in [3.63, 3.8) is 0 Å². The van der Waals surface area contributed by atoms with Crippen LogP contribution in [0.3, 0.4) is 0 Å². The van der Waals surface area contributed by atoms with Crippen LogP contribution in [0.5, 0.6) is 0 Å². The third-order valence-corrected chi connectivity index (χ3v) is 9.78. The highest BCUT2D eigenvalue weighted by molar-refractivity contribution is 8.00. The van der Waals surface area contributed by atoms with Crippen molar-refractivity contribution in [2.75, 3.05) is 30.5 Å². The number of nitrogens with one attached hydrogen (secondary N) is 1. The number of carboxylic acids is 1. The molecule has 2 saturated heterocycles. The first-order valence-corrected chi connectivity index (χ1v) is 14.4. The molecule has 5 rings (SSSR count). The molecule has 0 bridgehead atoms. The Morgan fingerprint density at radius 2 is 1.89 bits per heavy atom. The van der Waals surface area contributed by atoms with Gasteiger partial charge in [0.2, 0.25) is 0 Å². The van der Waals surface area contributed by atoms with E-state index >= 15 is 0 Å². The lowest BCUT2D eigenvalue weighted by molar-refractivity contribution is -0.139. The number of rotatable bonds is 8. The Balaban J connectivity index is 1.12. The van der Waals surface area contributed by atoms with Gasteiger partial charge in [-0.2, -0.15) is 23.5 Å². The molecule has 1 aliphatic carbocycles. The second-order valence-corrected chi connectivity index (χ2v) is 12.0. The number of aliphatic carboxylic acids is 1. The molecule has 0 saturated carbocycles.